The third kappa shape index (κ3) is 9.86. The summed E-state index contributed by atoms with van der Waals surface area (Å²) in [6.07, 6.45) is -4.29. The van der Waals surface area contributed by atoms with Gasteiger partial charge in [0, 0.05) is 16.4 Å². The van der Waals surface area contributed by atoms with E-state index in [9.17, 15) is 27.2 Å². The van der Waals surface area contributed by atoms with Crippen LogP contribution in [-0.4, -0.2) is 22.2 Å². The van der Waals surface area contributed by atoms with Crippen molar-refractivity contribution in [3.05, 3.63) is 115 Å². The number of rotatable bonds is 10. The molecule has 250 valence electrons. The molecule has 12 heteroatoms. The first kappa shape index (κ1) is 37.2. The van der Waals surface area contributed by atoms with Crippen LogP contribution in [0, 0.1) is 19.7 Å². The summed E-state index contributed by atoms with van der Waals surface area (Å²) in [5.74, 6) is -3.35. The molecule has 47 heavy (non-hydrogen) atoms. The third-order valence-corrected chi connectivity index (χ3v) is 8.17. The summed E-state index contributed by atoms with van der Waals surface area (Å²) in [4.78, 5) is 22.0. The highest BCUT2D eigenvalue weighted by Gasteiger charge is 2.37. The number of carboxylic acids is 2. The standard InChI is InChI=1S/C18H17F4NO2.C17H17Cl2NO2/c1-3-11-5-7-14(17(19)16(11)18(20,21)22)23-13-6-4-10(2)8-12(13)9-15(24)25;1-3-11-4-6-14(12(8-11)9-16(21)22)20-15-7-5-13(18)10(2)17(15)19/h4-8,23H,3,9H2,1-2H3,(H,24,25);4-8,20H,3,9H2,1-2H3,(H,21,22). The summed E-state index contributed by atoms with van der Waals surface area (Å²) in [6, 6.07) is 16.6. The highest BCUT2D eigenvalue weighted by Crippen LogP contribution is 2.38. The molecular formula is C35H34Cl2F4N2O4. The van der Waals surface area contributed by atoms with E-state index in [1.807, 2.05) is 32.0 Å². The number of hydrogen-bond donors (Lipinski definition) is 4. The summed E-state index contributed by atoms with van der Waals surface area (Å²) in [6.45, 7) is 7.15. The number of carbonyl (C=O) groups is 2. The maximum Gasteiger partial charge on any atom is 0.419 e. The zero-order chi connectivity index (χ0) is 35.1. The van der Waals surface area contributed by atoms with E-state index in [0.29, 0.717) is 21.3 Å². The van der Waals surface area contributed by atoms with E-state index in [2.05, 4.69) is 10.6 Å². The first-order valence-electron chi connectivity index (χ1n) is 14.6. The van der Waals surface area contributed by atoms with Crippen LogP contribution in [-0.2, 0) is 41.4 Å². The van der Waals surface area contributed by atoms with Crippen molar-refractivity contribution in [2.24, 2.45) is 0 Å². The van der Waals surface area contributed by atoms with Crippen LogP contribution >= 0.6 is 23.2 Å². The Morgan fingerprint density at radius 2 is 1.26 bits per heavy atom. The van der Waals surface area contributed by atoms with Crippen LogP contribution in [0.4, 0.5) is 40.3 Å². The molecule has 0 spiro atoms. The molecule has 0 radical (unpaired) electrons. The van der Waals surface area contributed by atoms with Crippen LogP contribution in [0.1, 0.15) is 52.8 Å². The lowest BCUT2D eigenvalue weighted by Crippen LogP contribution is -2.14. The van der Waals surface area contributed by atoms with Gasteiger partial charge in [0.1, 0.15) is 0 Å². The average molecular weight is 694 g/mol. The van der Waals surface area contributed by atoms with Gasteiger partial charge in [-0.1, -0.05) is 72.9 Å². The maximum atomic E-state index is 14.5. The van der Waals surface area contributed by atoms with Gasteiger partial charge in [-0.25, -0.2) is 4.39 Å². The molecule has 0 aliphatic rings. The van der Waals surface area contributed by atoms with E-state index in [1.165, 1.54) is 25.1 Å². The van der Waals surface area contributed by atoms with E-state index >= 15 is 0 Å². The molecule has 4 rings (SSSR count). The normalized spacial score (nSPS) is 11.0. The van der Waals surface area contributed by atoms with Gasteiger partial charge in [0.15, 0.2) is 5.82 Å². The second-order valence-corrected chi connectivity index (χ2v) is 11.5. The largest absolute Gasteiger partial charge is 0.481 e. The molecule has 0 unspecified atom stereocenters. The van der Waals surface area contributed by atoms with Gasteiger partial charge < -0.3 is 20.8 Å². The summed E-state index contributed by atoms with van der Waals surface area (Å²) in [5.41, 5.74) is 3.69. The number of carboxylic acid groups (broad SMARTS) is 2. The number of anilines is 4. The quantitative estimate of drug-likeness (QED) is 0.123. The lowest BCUT2D eigenvalue weighted by molar-refractivity contribution is -0.140. The highest BCUT2D eigenvalue weighted by atomic mass is 35.5. The minimum Gasteiger partial charge on any atom is -0.481 e. The molecule has 0 atom stereocenters. The molecule has 0 fully saturated rings. The number of alkyl halides is 3. The van der Waals surface area contributed by atoms with Gasteiger partial charge in [0.05, 0.1) is 34.8 Å². The van der Waals surface area contributed by atoms with E-state index in [-0.39, 0.29) is 36.2 Å². The number of nitrogens with one attached hydrogen (secondary N) is 2. The summed E-state index contributed by atoms with van der Waals surface area (Å²) in [7, 11) is 0. The zero-order valence-corrected chi connectivity index (χ0v) is 27.6. The topological polar surface area (TPSA) is 98.7 Å². The number of hydrogen-bond acceptors (Lipinski definition) is 4. The predicted octanol–water partition coefficient (Wildman–Crippen LogP) is 10.3. The van der Waals surface area contributed by atoms with E-state index in [0.717, 1.165) is 34.4 Å². The summed E-state index contributed by atoms with van der Waals surface area (Å²) >= 11 is 12.3. The molecule has 4 aromatic rings. The van der Waals surface area contributed by atoms with Crippen molar-refractivity contribution in [3.8, 4) is 0 Å². The fourth-order valence-corrected chi connectivity index (χ4v) is 5.23. The molecule has 6 nitrogen and oxygen atoms in total. The second-order valence-electron chi connectivity index (χ2n) is 10.7. The monoisotopic (exact) mass is 692 g/mol. The van der Waals surface area contributed by atoms with Crippen LogP contribution in [0.25, 0.3) is 0 Å². The molecule has 0 saturated carbocycles. The van der Waals surface area contributed by atoms with Crippen molar-refractivity contribution in [2.75, 3.05) is 10.6 Å². The third-order valence-electron chi connectivity index (χ3n) is 7.27. The number of benzene rings is 4. The van der Waals surface area contributed by atoms with Gasteiger partial charge in [-0.3, -0.25) is 9.59 Å². The van der Waals surface area contributed by atoms with Crippen LogP contribution < -0.4 is 10.6 Å². The van der Waals surface area contributed by atoms with Crippen molar-refractivity contribution >= 4 is 57.9 Å². The van der Waals surface area contributed by atoms with Gasteiger partial charge >= 0.3 is 18.1 Å². The minimum absolute atomic E-state index is 0.0413. The van der Waals surface area contributed by atoms with Gasteiger partial charge in [0.25, 0.3) is 0 Å². The van der Waals surface area contributed by atoms with Crippen LogP contribution in [0.2, 0.25) is 10.0 Å². The lowest BCUT2D eigenvalue weighted by Gasteiger charge is -2.18. The Morgan fingerprint density at radius 1 is 0.723 bits per heavy atom. The Morgan fingerprint density at radius 3 is 1.81 bits per heavy atom. The van der Waals surface area contributed by atoms with Gasteiger partial charge in [0.2, 0.25) is 0 Å². The van der Waals surface area contributed by atoms with Crippen molar-refractivity contribution in [1.29, 1.82) is 0 Å². The van der Waals surface area contributed by atoms with Crippen LogP contribution in [0.5, 0.6) is 0 Å². The van der Waals surface area contributed by atoms with Crippen LogP contribution in [0.15, 0.2) is 60.7 Å². The molecule has 0 aromatic heterocycles. The number of aliphatic carboxylic acids is 2. The van der Waals surface area contributed by atoms with Crippen LogP contribution in [0.3, 0.4) is 0 Å². The Bertz CT molecular complexity index is 1780. The average Bonchev–Trinajstić information content (AvgIpc) is 2.99. The molecule has 0 aliphatic heterocycles. The van der Waals surface area contributed by atoms with Gasteiger partial charge in [-0.05, 0) is 84.8 Å². The molecule has 0 saturated heterocycles. The molecule has 4 aromatic carbocycles. The Hall–Kier alpha value is -4.28. The number of halogens is 6. The minimum atomic E-state index is -4.82. The summed E-state index contributed by atoms with van der Waals surface area (Å²) < 4.78 is 54.0. The second kappa shape index (κ2) is 16.0. The van der Waals surface area contributed by atoms with Crippen molar-refractivity contribution in [3.63, 3.8) is 0 Å². The maximum absolute atomic E-state index is 14.5. The van der Waals surface area contributed by atoms with E-state index in [4.69, 9.17) is 33.4 Å². The van der Waals surface area contributed by atoms with E-state index in [1.54, 1.807) is 31.2 Å². The predicted molar refractivity (Wildman–Crippen MR) is 178 cm³/mol. The fraction of sp³-hybridized carbons (Fsp3) is 0.257. The number of aryl methyl sites for hydroxylation is 3. The Labute approximate surface area is 280 Å². The smallest absolute Gasteiger partial charge is 0.419 e. The van der Waals surface area contributed by atoms with E-state index < -0.39 is 29.5 Å². The van der Waals surface area contributed by atoms with Gasteiger partial charge in [-0.15, -0.1) is 0 Å². The molecule has 0 amide bonds. The van der Waals surface area contributed by atoms with Crippen molar-refractivity contribution < 1.29 is 37.4 Å². The fourth-order valence-electron chi connectivity index (χ4n) is 4.81. The lowest BCUT2D eigenvalue weighted by atomic mass is 10.0. The molecule has 0 aliphatic carbocycles. The zero-order valence-electron chi connectivity index (χ0n) is 26.1. The SMILES string of the molecule is CCc1ccc(Nc2ccc(C)cc2CC(=O)O)c(F)c1C(F)(F)F.CCc1ccc(Nc2ccc(Cl)c(C)c2Cl)c(CC(=O)O)c1. The highest BCUT2D eigenvalue weighted by molar-refractivity contribution is 6.37. The molecule has 0 bridgehead atoms. The Balaban J connectivity index is 0.000000257. The molecule has 4 N–H and O–H groups in total. The van der Waals surface area contributed by atoms with Crippen molar-refractivity contribution in [1.82, 2.24) is 0 Å². The first-order chi connectivity index (χ1) is 22.0. The first-order valence-corrected chi connectivity index (χ1v) is 15.3. The Kier molecular flexibility index (Phi) is 12.7. The van der Waals surface area contributed by atoms with Gasteiger partial charge in [-0.2, -0.15) is 13.2 Å². The molecule has 0 heterocycles. The molecular weight excluding hydrogens is 659 g/mol. The summed E-state index contributed by atoms with van der Waals surface area (Å²) in [5, 5.41) is 25.0. The van der Waals surface area contributed by atoms with Crippen molar-refractivity contribution in [2.45, 2.75) is 59.6 Å².